The third-order valence-corrected chi connectivity index (χ3v) is 2.23. The topological polar surface area (TPSA) is 0 Å². The Morgan fingerprint density at radius 2 is 2.08 bits per heavy atom. The molecule has 0 amide bonds. The van der Waals surface area contributed by atoms with Gasteiger partial charge in [0.2, 0.25) is 0 Å². The molecule has 0 saturated heterocycles. The summed E-state index contributed by atoms with van der Waals surface area (Å²) in [6, 6.07) is 8.51. The van der Waals surface area contributed by atoms with Gasteiger partial charge in [0.25, 0.3) is 0 Å². The Morgan fingerprint density at radius 1 is 1.33 bits per heavy atom. The van der Waals surface area contributed by atoms with Crippen LogP contribution in [0.3, 0.4) is 0 Å². The van der Waals surface area contributed by atoms with Crippen LogP contribution < -0.4 is 0 Å². The third-order valence-electron chi connectivity index (χ3n) is 1.82. The first-order valence-electron chi connectivity index (χ1n) is 4.15. The van der Waals surface area contributed by atoms with Crippen molar-refractivity contribution in [3.05, 3.63) is 40.8 Å². The van der Waals surface area contributed by atoms with Crippen molar-refractivity contribution in [2.75, 3.05) is 6.26 Å². The second-order valence-electron chi connectivity index (χ2n) is 2.59. The lowest BCUT2D eigenvalue weighted by Crippen LogP contribution is -1.83. The Bertz CT molecular complexity index is 263. The smallest absolute Gasteiger partial charge is 0.0142 e. The van der Waals surface area contributed by atoms with Crippen LogP contribution in [0.5, 0.6) is 0 Å². The van der Waals surface area contributed by atoms with Gasteiger partial charge in [0.05, 0.1) is 0 Å². The van der Waals surface area contributed by atoms with Crippen LogP contribution in [-0.4, -0.2) is 6.26 Å². The zero-order valence-electron chi connectivity index (χ0n) is 7.58. The third kappa shape index (κ3) is 2.42. The van der Waals surface area contributed by atoms with Crippen molar-refractivity contribution >= 4 is 17.8 Å². The fraction of sp³-hybridized carbons (Fsp3) is 0.273. The molecule has 0 atom stereocenters. The highest BCUT2D eigenvalue weighted by Crippen LogP contribution is 2.12. The fourth-order valence-electron chi connectivity index (χ4n) is 1.16. The minimum absolute atomic E-state index is 1.11. The molecule has 0 N–H and O–H groups in total. The van der Waals surface area contributed by atoms with E-state index in [1.807, 2.05) is 0 Å². The molecule has 1 rings (SSSR count). The van der Waals surface area contributed by atoms with Gasteiger partial charge in [0.15, 0.2) is 0 Å². The minimum atomic E-state index is 1.11. The van der Waals surface area contributed by atoms with E-state index in [9.17, 15) is 0 Å². The average molecular weight is 178 g/mol. The van der Waals surface area contributed by atoms with Crippen LogP contribution in [0.1, 0.15) is 18.1 Å². The summed E-state index contributed by atoms with van der Waals surface area (Å²) in [6.45, 7) is 2.19. The maximum absolute atomic E-state index is 2.19. The van der Waals surface area contributed by atoms with Crippen LogP contribution in [0.2, 0.25) is 0 Å². The summed E-state index contributed by atoms with van der Waals surface area (Å²) >= 11 is 1.74. The van der Waals surface area contributed by atoms with E-state index in [0.717, 1.165) is 6.42 Å². The molecule has 1 heteroatoms. The molecular weight excluding hydrogens is 164 g/mol. The lowest BCUT2D eigenvalue weighted by molar-refractivity contribution is 1.13. The fourth-order valence-corrected chi connectivity index (χ4v) is 1.44. The summed E-state index contributed by atoms with van der Waals surface area (Å²) in [5, 5.41) is 2.12. The molecule has 0 aromatic heterocycles. The summed E-state index contributed by atoms with van der Waals surface area (Å²) in [4.78, 5) is 0. The van der Waals surface area contributed by atoms with Gasteiger partial charge >= 0.3 is 0 Å². The predicted octanol–water partition coefficient (Wildman–Crippen LogP) is 3.58. The lowest BCUT2D eigenvalue weighted by Gasteiger charge is -2.00. The van der Waals surface area contributed by atoms with E-state index in [2.05, 4.69) is 48.9 Å². The quantitative estimate of drug-likeness (QED) is 0.681. The van der Waals surface area contributed by atoms with Crippen LogP contribution in [-0.2, 0) is 6.42 Å². The van der Waals surface area contributed by atoms with E-state index in [-0.39, 0.29) is 0 Å². The monoisotopic (exact) mass is 178 g/mol. The molecule has 0 fully saturated rings. The molecule has 0 aliphatic heterocycles. The SMILES string of the molecule is CCc1ccccc1C=CSC. The molecule has 0 unspecified atom stereocenters. The minimum Gasteiger partial charge on any atom is -0.138 e. The van der Waals surface area contributed by atoms with E-state index in [4.69, 9.17) is 0 Å². The number of hydrogen-bond donors (Lipinski definition) is 0. The van der Waals surface area contributed by atoms with Gasteiger partial charge < -0.3 is 0 Å². The second kappa shape index (κ2) is 5.04. The van der Waals surface area contributed by atoms with E-state index in [1.165, 1.54) is 11.1 Å². The largest absolute Gasteiger partial charge is 0.138 e. The Labute approximate surface area is 78.7 Å². The van der Waals surface area contributed by atoms with Gasteiger partial charge in [0, 0.05) is 0 Å². The lowest BCUT2D eigenvalue weighted by atomic mass is 10.1. The van der Waals surface area contributed by atoms with Crippen molar-refractivity contribution in [3.8, 4) is 0 Å². The van der Waals surface area contributed by atoms with Crippen molar-refractivity contribution in [1.82, 2.24) is 0 Å². The molecule has 0 bridgehead atoms. The molecule has 1 aromatic carbocycles. The first-order valence-corrected chi connectivity index (χ1v) is 5.44. The molecule has 0 spiro atoms. The second-order valence-corrected chi connectivity index (χ2v) is 3.33. The molecule has 0 heterocycles. The summed E-state index contributed by atoms with van der Waals surface area (Å²) in [6.07, 6.45) is 5.35. The van der Waals surface area contributed by atoms with Gasteiger partial charge in [-0.15, -0.1) is 11.8 Å². The van der Waals surface area contributed by atoms with Gasteiger partial charge in [-0.05, 0) is 35.3 Å². The highest BCUT2D eigenvalue weighted by molar-refractivity contribution is 8.01. The highest BCUT2D eigenvalue weighted by atomic mass is 32.2. The van der Waals surface area contributed by atoms with Gasteiger partial charge in [-0.3, -0.25) is 0 Å². The van der Waals surface area contributed by atoms with E-state index in [1.54, 1.807) is 11.8 Å². The molecular formula is C11H14S. The molecule has 64 valence electrons. The molecule has 0 saturated carbocycles. The summed E-state index contributed by atoms with van der Waals surface area (Å²) < 4.78 is 0. The molecule has 0 aliphatic rings. The van der Waals surface area contributed by atoms with Gasteiger partial charge in [-0.2, -0.15) is 0 Å². The van der Waals surface area contributed by atoms with Crippen molar-refractivity contribution in [2.24, 2.45) is 0 Å². The van der Waals surface area contributed by atoms with Crippen LogP contribution >= 0.6 is 11.8 Å². The standard InChI is InChI=1S/C11H14S/c1-3-10-6-4-5-7-11(10)8-9-12-2/h4-9H,3H2,1-2H3. The van der Waals surface area contributed by atoms with Gasteiger partial charge in [-0.25, -0.2) is 0 Å². The van der Waals surface area contributed by atoms with E-state index in [0.29, 0.717) is 0 Å². The molecule has 0 nitrogen and oxygen atoms in total. The van der Waals surface area contributed by atoms with Crippen LogP contribution in [0.15, 0.2) is 29.7 Å². The zero-order valence-corrected chi connectivity index (χ0v) is 8.40. The van der Waals surface area contributed by atoms with E-state index < -0.39 is 0 Å². The van der Waals surface area contributed by atoms with Gasteiger partial charge in [0.1, 0.15) is 0 Å². The van der Waals surface area contributed by atoms with Gasteiger partial charge in [-0.1, -0.05) is 31.2 Å². The van der Waals surface area contributed by atoms with Crippen molar-refractivity contribution in [1.29, 1.82) is 0 Å². The van der Waals surface area contributed by atoms with Crippen molar-refractivity contribution < 1.29 is 0 Å². The molecule has 0 aliphatic carbocycles. The van der Waals surface area contributed by atoms with Crippen LogP contribution in [0, 0.1) is 0 Å². The molecule has 12 heavy (non-hydrogen) atoms. The number of hydrogen-bond acceptors (Lipinski definition) is 1. The first kappa shape index (κ1) is 9.40. The summed E-state index contributed by atoms with van der Waals surface area (Å²) in [7, 11) is 0. The number of thioether (sulfide) groups is 1. The Morgan fingerprint density at radius 3 is 2.75 bits per heavy atom. The van der Waals surface area contributed by atoms with Crippen LogP contribution in [0.4, 0.5) is 0 Å². The van der Waals surface area contributed by atoms with Crippen molar-refractivity contribution in [3.63, 3.8) is 0 Å². The predicted molar refractivity (Wildman–Crippen MR) is 58.4 cm³/mol. The summed E-state index contributed by atoms with van der Waals surface area (Å²) in [5.74, 6) is 0. The highest BCUT2D eigenvalue weighted by Gasteiger charge is 1.93. The average Bonchev–Trinajstić information content (AvgIpc) is 2.15. The number of aryl methyl sites for hydroxylation is 1. The Hall–Kier alpha value is -0.690. The number of rotatable bonds is 3. The Balaban J connectivity index is 2.89. The maximum Gasteiger partial charge on any atom is -0.0142 e. The summed E-state index contributed by atoms with van der Waals surface area (Å²) in [5.41, 5.74) is 2.76. The van der Waals surface area contributed by atoms with Crippen LogP contribution in [0.25, 0.3) is 6.08 Å². The first-order chi connectivity index (χ1) is 5.88. The zero-order chi connectivity index (χ0) is 8.81. The van der Waals surface area contributed by atoms with Crippen molar-refractivity contribution in [2.45, 2.75) is 13.3 Å². The van der Waals surface area contributed by atoms with E-state index >= 15 is 0 Å². The normalized spacial score (nSPS) is 10.8. The molecule has 0 radical (unpaired) electrons. The maximum atomic E-state index is 2.19. The molecule has 1 aromatic rings. The Kier molecular flexibility index (Phi) is 3.95. The number of benzene rings is 1.